The molecule has 5 heteroatoms. The van der Waals surface area contributed by atoms with Crippen LogP contribution in [0.1, 0.15) is 34.9 Å². The third-order valence-corrected chi connectivity index (χ3v) is 5.04. The SMILES string of the molecule is C#Cc1ccc2c(c1)c(C(N)=O)nn2[C@@H]1CN2CCC1CC2. The van der Waals surface area contributed by atoms with E-state index in [1.165, 1.54) is 25.9 Å². The van der Waals surface area contributed by atoms with Crippen LogP contribution in [0.5, 0.6) is 0 Å². The van der Waals surface area contributed by atoms with Crippen LogP contribution in [0.15, 0.2) is 18.2 Å². The third kappa shape index (κ3) is 1.92. The summed E-state index contributed by atoms with van der Waals surface area (Å²) in [6.45, 7) is 3.34. The summed E-state index contributed by atoms with van der Waals surface area (Å²) in [6.07, 6.45) is 7.86. The summed E-state index contributed by atoms with van der Waals surface area (Å²) in [4.78, 5) is 14.2. The second-order valence-corrected chi connectivity index (χ2v) is 6.24. The van der Waals surface area contributed by atoms with Crippen molar-refractivity contribution < 1.29 is 4.79 Å². The molecule has 112 valence electrons. The van der Waals surface area contributed by atoms with Gasteiger partial charge >= 0.3 is 0 Å². The number of benzene rings is 1. The van der Waals surface area contributed by atoms with Crippen molar-refractivity contribution in [2.24, 2.45) is 11.7 Å². The maximum absolute atomic E-state index is 11.8. The highest BCUT2D eigenvalue weighted by atomic mass is 16.1. The van der Waals surface area contributed by atoms with Gasteiger partial charge in [0, 0.05) is 17.5 Å². The number of carbonyl (C=O) groups excluding carboxylic acids is 1. The fourth-order valence-electron chi connectivity index (χ4n) is 3.88. The van der Waals surface area contributed by atoms with Crippen LogP contribution in [0.25, 0.3) is 10.9 Å². The lowest BCUT2D eigenvalue weighted by molar-refractivity contribution is 0.0531. The van der Waals surface area contributed by atoms with Gasteiger partial charge in [0.05, 0.1) is 11.6 Å². The molecular weight excluding hydrogens is 276 g/mol. The summed E-state index contributed by atoms with van der Waals surface area (Å²) in [6, 6.07) is 6.00. The van der Waals surface area contributed by atoms with E-state index in [1.54, 1.807) is 0 Å². The standard InChI is InChI=1S/C17H18N4O/c1-2-11-3-4-14-13(9-11)16(17(18)22)19-21(14)15-10-20-7-5-12(15)6-8-20/h1,3-4,9,12,15H,5-8,10H2,(H2,18,22)/t15-/m1/s1. The highest BCUT2D eigenvalue weighted by Crippen LogP contribution is 2.37. The summed E-state index contributed by atoms with van der Waals surface area (Å²) < 4.78 is 2.01. The van der Waals surface area contributed by atoms with E-state index in [0.717, 1.165) is 23.0 Å². The zero-order valence-electron chi connectivity index (χ0n) is 12.3. The van der Waals surface area contributed by atoms with Crippen molar-refractivity contribution >= 4 is 16.8 Å². The van der Waals surface area contributed by atoms with E-state index in [1.807, 2.05) is 22.9 Å². The number of hydrogen-bond acceptors (Lipinski definition) is 3. The molecule has 0 saturated carbocycles. The molecule has 4 heterocycles. The number of amides is 1. The summed E-state index contributed by atoms with van der Waals surface area (Å²) in [7, 11) is 0. The lowest BCUT2D eigenvalue weighted by Crippen LogP contribution is -2.48. The number of terminal acetylenes is 1. The first-order valence-corrected chi connectivity index (χ1v) is 7.68. The Morgan fingerprint density at radius 3 is 2.73 bits per heavy atom. The zero-order chi connectivity index (χ0) is 15.3. The number of rotatable bonds is 2. The fraction of sp³-hybridized carbons (Fsp3) is 0.412. The summed E-state index contributed by atoms with van der Waals surface area (Å²) in [5.74, 6) is 2.73. The van der Waals surface area contributed by atoms with E-state index in [9.17, 15) is 4.79 Å². The predicted molar refractivity (Wildman–Crippen MR) is 84.4 cm³/mol. The van der Waals surface area contributed by atoms with Crippen LogP contribution in [-0.2, 0) is 0 Å². The normalized spacial score (nSPS) is 27.0. The molecule has 0 aliphatic carbocycles. The molecule has 3 aliphatic heterocycles. The molecule has 1 aromatic carbocycles. The van der Waals surface area contributed by atoms with Crippen molar-refractivity contribution in [1.82, 2.24) is 14.7 Å². The van der Waals surface area contributed by atoms with Gasteiger partial charge in [-0.15, -0.1) is 6.42 Å². The van der Waals surface area contributed by atoms with Crippen LogP contribution in [0.2, 0.25) is 0 Å². The lowest BCUT2D eigenvalue weighted by atomic mass is 9.84. The highest BCUT2D eigenvalue weighted by molar-refractivity contribution is 6.04. The average Bonchev–Trinajstić information content (AvgIpc) is 2.94. The Labute approximate surface area is 129 Å². The summed E-state index contributed by atoms with van der Waals surface area (Å²) in [5, 5.41) is 5.32. The molecule has 1 amide bonds. The zero-order valence-corrected chi connectivity index (χ0v) is 12.3. The van der Waals surface area contributed by atoms with Crippen LogP contribution >= 0.6 is 0 Å². The van der Waals surface area contributed by atoms with Gasteiger partial charge in [0.25, 0.3) is 5.91 Å². The molecule has 5 rings (SSSR count). The number of hydrogen-bond donors (Lipinski definition) is 1. The minimum atomic E-state index is -0.501. The van der Waals surface area contributed by atoms with Gasteiger partial charge in [0.2, 0.25) is 0 Å². The molecule has 3 fully saturated rings. The molecule has 22 heavy (non-hydrogen) atoms. The molecule has 3 aliphatic rings. The largest absolute Gasteiger partial charge is 0.364 e. The van der Waals surface area contributed by atoms with E-state index in [0.29, 0.717) is 17.7 Å². The number of piperidine rings is 3. The Morgan fingerprint density at radius 2 is 2.14 bits per heavy atom. The molecule has 0 unspecified atom stereocenters. The van der Waals surface area contributed by atoms with Gasteiger partial charge in [-0.2, -0.15) is 5.10 Å². The van der Waals surface area contributed by atoms with Gasteiger partial charge in [0.15, 0.2) is 5.69 Å². The molecule has 1 atom stereocenters. The first-order chi connectivity index (χ1) is 10.7. The number of aromatic nitrogens is 2. The van der Waals surface area contributed by atoms with Crippen molar-refractivity contribution in [2.75, 3.05) is 19.6 Å². The topological polar surface area (TPSA) is 64.2 Å². The second kappa shape index (κ2) is 4.85. The van der Waals surface area contributed by atoms with Gasteiger partial charge < -0.3 is 10.6 Å². The van der Waals surface area contributed by atoms with Gasteiger partial charge in [-0.3, -0.25) is 9.48 Å². The molecule has 0 radical (unpaired) electrons. The number of nitrogens with zero attached hydrogens (tertiary/aromatic N) is 3. The quantitative estimate of drug-likeness (QED) is 0.851. The van der Waals surface area contributed by atoms with Crippen LogP contribution in [-0.4, -0.2) is 40.2 Å². The van der Waals surface area contributed by atoms with Crippen LogP contribution in [0, 0.1) is 18.3 Å². The van der Waals surface area contributed by atoms with E-state index in [2.05, 4.69) is 15.9 Å². The van der Waals surface area contributed by atoms with Gasteiger partial charge in [-0.05, 0) is 50.0 Å². The number of carbonyl (C=O) groups is 1. The van der Waals surface area contributed by atoms with E-state index in [4.69, 9.17) is 12.2 Å². The van der Waals surface area contributed by atoms with Gasteiger partial charge in [-0.1, -0.05) is 5.92 Å². The Morgan fingerprint density at radius 1 is 1.36 bits per heavy atom. The predicted octanol–water partition coefficient (Wildman–Crippen LogP) is 1.38. The Balaban J connectivity index is 1.88. The van der Waals surface area contributed by atoms with Crippen LogP contribution in [0.3, 0.4) is 0 Å². The van der Waals surface area contributed by atoms with Crippen molar-refractivity contribution in [3.05, 3.63) is 29.5 Å². The maximum atomic E-state index is 11.8. The Hall–Kier alpha value is -2.32. The van der Waals surface area contributed by atoms with E-state index < -0.39 is 5.91 Å². The molecule has 1 aromatic heterocycles. The third-order valence-electron chi connectivity index (χ3n) is 5.04. The smallest absolute Gasteiger partial charge is 0.269 e. The number of primary amides is 1. The Kier molecular flexibility index (Phi) is 2.95. The van der Waals surface area contributed by atoms with Crippen molar-refractivity contribution in [3.63, 3.8) is 0 Å². The highest BCUT2D eigenvalue weighted by Gasteiger charge is 2.36. The van der Waals surface area contributed by atoms with E-state index >= 15 is 0 Å². The monoisotopic (exact) mass is 294 g/mol. The number of fused-ring (bicyclic) bond motifs is 4. The molecule has 2 N–H and O–H groups in total. The molecule has 0 spiro atoms. The number of nitrogens with two attached hydrogens (primary N) is 1. The average molecular weight is 294 g/mol. The molecule has 2 bridgehead atoms. The lowest BCUT2D eigenvalue weighted by Gasteiger charge is -2.44. The summed E-state index contributed by atoms with van der Waals surface area (Å²) >= 11 is 0. The molecule has 2 aromatic rings. The van der Waals surface area contributed by atoms with E-state index in [-0.39, 0.29) is 0 Å². The van der Waals surface area contributed by atoms with Gasteiger partial charge in [-0.25, -0.2) is 0 Å². The van der Waals surface area contributed by atoms with Crippen molar-refractivity contribution in [1.29, 1.82) is 0 Å². The minimum Gasteiger partial charge on any atom is -0.364 e. The second-order valence-electron chi connectivity index (χ2n) is 6.24. The fourth-order valence-corrected chi connectivity index (χ4v) is 3.88. The van der Waals surface area contributed by atoms with Crippen LogP contribution < -0.4 is 5.73 Å². The van der Waals surface area contributed by atoms with Gasteiger partial charge in [0.1, 0.15) is 0 Å². The first kappa shape index (κ1) is 13.4. The minimum absolute atomic E-state index is 0.315. The molecule has 5 nitrogen and oxygen atoms in total. The molecular formula is C17H18N4O. The van der Waals surface area contributed by atoms with Crippen molar-refractivity contribution in [2.45, 2.75) is 18.9 Å². The molecule has 3 saturated heterocycles. The van der Waals surface area contributed by atoms with Crippen LogP contribution in [0.4, 0.5) is 0 Å². The summed E-state index contributed by atoms with van der Waals surface area (Å²) in [5.41, 5.74) is 7.53. The first-order valence-electron chi connectivity index (χ1n) is 7.68. The maximum Gasteiger partial charge on any atom is 0.269 e. The van der Waals surface area contributed by atoms with Crippen molar-refractivity contribution in [3.8, 4) is 12.3 Å². The Bertz CT molecular complexity index is 793.